The molecular formula is C22H26N2O4. The maximum absolute atomic E-state index is 13.4. The monoisotopic (exact) mass is 382 g/mol. The second-order valence-electron chi connectivity index (χ2n) is 7.68. The molecule has 3 aliphatic heterocycles. The molecule has 3 aliphatic rings. The average Bonchev–Trinajstić information content (AvgIpc) is 3.05. The first-order chi connectivity index (χ1) is 13.5. The van der Waals surface area contributed by atoms with Crippen LogP contribution in [0.5, 0.6) is 0 Å². The summed E-state index contributed by atoms with van der Waals surface area (Å²) in [6.45, 7) is 5.78. The molecule has 0 aliphatic carbocycles. The quantitative estimate of drug-likeness (QED) is 0.653. The number of piperidine rings is 1. The van der Waals surface area contributed by atoms with Gasteiger partial charge in [0, 0.05) is 42.5 Å². The lowest BCUT2D eigenvalue weighted by atomic mass is 9.65. The molecule has 0 spiro atoms. The molecule has 3 atom stereocenters. The Hall–Kier alpha value is -2.60. The lowest BCUT2D eigenvalue weighted by molar-refractivity contribution is -0.158. The molecule has 1 aromatic carbocycles. The van der Waals surface area contributed by atoms with Crippen molar-refractivity contribution < 1.29 is 19.1 Å². The number of nitrogens with zero attached hydrogens (tertiary/aromatic N) is 1. The number of nitrogens with one attached hydrogen (secondary N) is 1. The summed E-state index contributed by atoms with van der Waals surface area (Å²) in [5, 5.41) is 1.10. The zero-order chi connectivity index (χ0) is 19.9. The van der Waals surface area contributed by atoms with Crippen LogP contribution >= 0.6 is 0 Å². The number of benzene rings is 1. The van der Waals surface area contributed by atoms with Gasteiger partial charge in [-0.2, -0.15) is 0 Å². The number of carbonyl (C=O) groups is 2. The smallest absolute Gasteiger partial charge is 0.321 e. The van der Waals surface area contributed by atoms with Gasteiger partial charge in [0.25, 0.3) is 0 Å². The zero-order valence-corrected chi connectivity index (χ0v) is 16.6. The predicted octanol–water partition coefficient (Wildman–Crippen LogP) is 2.92. The number of methoxy groups -OCH3 is 1. The highest BCUT2D eigenvalue weighted by Crippen LogP contribution is 2.47. The third-order valence-electron chi connectivity index (χ3n) is 6.25. The maximum atomic E-state index is 13.4. The number of aromatic amines is 1. The minimum absolute atomic E-state index is 0.0309. The number of ether oxygens (including phenoxy) is 2. The van der Waals surface area contributed by atoms with E-state index in [0.29, 0.717) is 0 Å². The zero-order valence-electron chi connectivity index (χ0n) is 16.6. The number of carbonyl (C=O) groups excluding carboxylic acids is 2. The molecule has 4 heterocycles. The van der Waals surface area contributed by atoms with E-state index < -0.39 is 11.4 Å². The number of para-hydroxylation sites is 1. The van der Waals surface area contributed by atoms with Gasteiger partial charge in [0.2, 0.25) is 0 Å². The average molecular weight is 382 g/mol. The maximum Gasteiger partial charge on any atom is 0.321 e. The minimum Gasteiger partial charge on any atom is -0.468 e. The van der Waals surface area contributed by atoms with Crippen LogP contribution in [-0.2, 0) is 31.0 Å². The topological polar surface area (TPSA) is 71.6 Å². The number of fused-ring (bicyclic) bond motifs is 3. The molecule has 1 N–H and O–H groups in total. The van der Waals surface area contributed by atoms with E-state index in [-0.39, 0.29) is 18.5 Å². The third kappa shape index (κ3) is 2.75. The van der Waals surface area contributed by atoms with Crippen molar-refractivity contribution in [2.45, 2.75) is 32.2 Å². The number of allylic oxidation sites excluding steroid dienone is 1. The molecule has 1 saturated heterocycles. The summed E-state index contributed by atoms with van der Waals surface area (Å²) in [7, 11) is 1.41. The molecule has 6 nitrogen and oxygen atoms in total. The number of H-pyrrole nitrogens is 1. The molecule has 28 heavy (non-hydrogen) atoms. The van der Waals surface area contributed by atoms with Crippen molar-refractivity contribution in [3.05, 3.63) is 47.2 Å². The van der Waals surface area contributed by atoms with Gasteiger partial charge in [0.15, 0.2) is 0 Å². The van der Waals surface area contributed by atoms with Crippen molar-refractivity contribution in [3.63, 3.8) is 0 Å². The van der Waals surface area contributed by atoms with Crippen LogP contribution in [-0.4, -0.2) is 48.6 Å². The Bertz CT molecular complexity index is 961. The summed E-state index contributed by atoms with van der Waals surface area (Å²) in [6, 6.07) is 8.07. The van der Waals surface area contributed by atoms with Gasteiger partial charge >= 0.3 is 11.9 Å². The van der Waals surface area contributed by atoms with Crippen LogP contribution in [0, 0.1) is 5.92 Å². The van der Waals surface area contributed by atoms with E-state index in [1.165, 1.54) is 19.6 Å². The van der Waals surface area contributed by atoms with Gasteiger partial charge in [-0.3, -0.25) is 14.5 Å². The standard InChI is InChI=1S/C22H26N2O4/c1-4-15-11-24-10-9-18(15)22(21(26)27-3,13-28-14(2)25)20-17(12-24)16-7-5-6-8-19(16)23-20/h4-8,18,23H,9-13H2,1-3H3. The number of hydrogen-bond acceptors (Lipinski definition) is 5. The molecule has 0 amide bonds. The van der Waals surface area contributed by atoms with Crippen molar-refractivity contribution in [1.82, 2.24) is 9.88 Å². The molecule has 0 radical (unpaired) electrons. The number of esters is 2. The Morgan fingerprint density at radius 2 is 2.11 bits per heavy atom. The van der Waals surface area contributed by atoms with Gasteiger partial charge in [-0.25, -0.2) is 0 Å². The Labute approximate surface area is 164 Å². The molecule has 6 heteroatoms. The van der Waals surface area contributed by atoms with E-state index in [0.717, 1.165) is 48.2 Å². The fourth-order valence-electron chi connectivity index (χ4n) is 4.95. The third-order valence-corrected chi connectivity index (χ3v) is 6.25. The largest absolute Gasteiger partial charge is 0.468 e. The van der Waals surface area contributed by atoms with Gasteiger partial charge in [-0.1, -0.05) is 29.8 Å². The van der Waals surface area contributed by atoms with E-state index in [1.54, 1.807) is 0 Å². The highest BCUT2D eigenvalue weighted by molar-refractivity contribution is 5.91. The Morgan fingerprint density at radius 3 is 2.82 bits per heavy atom. The van der Waals surface area contributed by atoms with E-state index in [4.69, 9.17) is 9.47 Å². The van der Waals surface area contributed by atoms with Gasteiger partial charge in [0.1, 0.15) is 12.0 Å². The summed E-state index contributed by atoms with van der Waals surface area (Å²) in [6.07, 6.45) is 2.90. The molecule has 148 valence electrons. The van der Waals surface area contributed by atoms with Crippen molar-refractivity contribution >= 4 is 22.8 Å². The van der Waals surface area contributed by atoms with E-state index in [9.17, 15) is 9.59 Å². The predicted molar refractivity (Wildman–Crippen MR) is 106 cm³/mol. The normalized spacial score (nSPS) is 27.9. The second-order valence-corrected chi connectivity index (χ2v) is 7.68. The lowest BCUT2D eigenvalue weighted by Crippen LogP contribution is -2.55. The minimum atomic E-state index is -1.08. The molecule has 1 aromatic heterocycles. The summed E-state index contributed by atoms with van der Waals surface area (Å²) in [4.78, 5) is 31.0. The number of hydrogen-bond donors (Lipinski definition) is 1. The van der Waals surface area contributed by atoms with Crippen LogP contribution < -0.4 is 0 Å². The lowest BCUT2D eigenvalue weighted by Gasteiger charge is -2.46. The van der Waals surface area contributed by atoms with Gasteiger partial charge < -0.3 is 14.5 Å². The van der Waals surface area contributed by atoms with Gasteiger partial charge in [-0.15, -0.1) is 0 Å². The van der Waals surface area contributed by atoms with Crippen molar-refractivity contribution in [2.24, 2.45) is 5.92 Å². The van der Waals surface area contributed by atoms with E-state index in [2.05, 4.69) is 22.0 Å². The molecule has 5 rings (SSSR count). The van der Waals surface area contributed by atoms with Crippen LogP contribution in [0.15, 0.2) is 35.9 Å². The highest BCUT2D eigenvalue weighted by atomic mass is 16.5. The second kappa shape index (κ2) is 7.09. The van der Waals surface area contributed by atoms with Crippen molar-refractivity contribution in [2.75, 3.05) is 26.8 Å². The first-order valence-corrected chi connectivity index (χ1v) is 9.70. The summed E-state index contributed by atoms with van der Waals surface area (Å²) < 4.78 is 10.8. The van der Waals surface area contributed by atoms with Crippen LogP contribution in [0.4, 0.5) is 0 Å². The Balaban J connectivity index is 2.03. The van der Waals surface area contributed by atoms with Crippen LogP contribution in [0.25, 0.3) is 10.9 Å². The first-order valence-electron chi connectivity index (χ1n) is 9.70. The molecule has 2 bridgehead atoms. The van der Waals surface area contributed by atoms with Crippen molar-refractivity contribution in [3.8, 4) is 0 Å². The first kappa shape index (κ1) is 18.7. The fourth-order valence-corrected chi connectivity index (χ4v) is 4.95. The van der Waals surface area contributed by atoms with E-state index in [1.807, 2.05) is 25.1 Å². The SMILES string of the molecule is CC=C1CN2CCC1C(COC(C)=O)(C(=O)OC)c1[nH]c3ccccc3c1C2. The van der Waals surface area contributed by atoms with Gasteiger partial charge in [-0.05, 0) is 31.5 Å². The molecule has 3 unspecified atom stereocenters. The summed E-state index contributed by atoms with van der Waals surface area (Å²) in [5.74, 6) is -0.851. The fraction of sp³-hybridized carbons (Fsp3) is 0.455. The molecule has 2 aromatic rings. The summed E-state index contributed by atoms with van der Waals surface area (Å²) >= 11 is 0. The van der Waals surface area contributed by atoms with Crippen LogP contribution in [0.3, 0.4) is 0 Å². The molecular weight excluding hydrogens is 356 g/mol. The van der Waals surface area contributed by atoms with E-state index >= 15 is 0 Å². The Kier molecular flexibility index (Phi) is 4.75. The Morgan fingerprint density at radius 1 is 1.32 bits per heavy atom. The summed E-state index contributed by atoms with van der Waals surface area (Å²) in [5.41, 5.74) is 2.99. The molecule has 0 saturated carbocycles. The van der Waals surface area contributed by atoms with Crippen LogP contribution in [0.2, 0.25) is 0 Å². The number of aromatic nitrogens is 1. The highest BCUT2D eigenvalue weighted by Gasteiger charge is 2.55. The van der Waals surface area contributed by atoms with Crippen molar-refractivity contribution in [1.29, 1.82) is 0 Å². The molecule has 1 fully saturated rings. The van der Waals surface area contributed by atoms with Gasteiger partial charge in [0.05, 0.1) is 7.11 Å². The number of rotatable bonds is 3. The van der Waals surface area contributed by atoms with Crippen LogP contribution in [0.1, 0.15) is 31.5 Å².